The predicted octanol–water partition coefficient (Wildman–Crippen LogP) is 4.00. The molecule has 0 aliphatic rings. The number of carbonyl (C=O) groups excluding carboxylic acids is 1. The Bertz CT molecular complexity index is 1190. The van der Waals surface area contributed by atoms with Crippen molar-refractivity contribution in [2.45, 2.75) is 6.54 Å². The van der Waals surface area contributed by atoms with E-state index in [0.29, 0.717) is 21.8 Å². The zero-order valence-corrected chi connectivity index (χ0v) is 14.8. The van der Waals surface area contributed by atoms with E-state index in [1.165, 1.54) is 17.4 Å². The highest BCUT2D eigenvalue weighted by molar-refractivity contribution is 7.15. The third-order valence-electron chi connectivity index (χ3n) is 4.14. The van der Waals surface area contributed by atoms with E-state index in [-0.39, 0.29) is 18.1 Å². The summed E-state index contributed by atoms with van der Waals surface area (Å²) >= 11 is 1.41. The molecule has 2 heterocycles. The van der Waals surface area contributed by atoms with Crippen molar-refractivity contribution in [3.63, 3.8) is 0 Å². The first-order chi connectivity index (χ1) is 13.2. The van der Waals surface area contributed by atoms with Crippen LogP contribution in [0.1, 0.15) is 21.6 Å². The van der Waals surface area contributed by atoms with Crippen LogP contribution in [-0.2, 0) is 6.54 Å². The number of thiazole rings is 1. The Morgan fingerprint density at radius 1 is 1.26 bits per heavy atom. The van der Waals surface area contributed by atoms with Gasteiger partial charge in [0.1, 0.15) is 5.82 Å². The van der Waals surface area contributed by atoms with Crippen molar-refractivity contribution in [2.24, 2.45) is 0 Å². The molecular weight excluding hydrogens is 363 g/mol. The Labute approximate surface area is 158 Å². The molecule has 0 fully saturated rings. The second-order valence-corrected chi connectivity index (χ2v) is 6.70. The molecule has 4 aromatic rings. The summed E-state index contributed by atoms with van der Waals surface area (Å²) in [6.45, 7) is 0.0638. The molecule has 1 amide bonds. The highest BCUT2D eigenvalue weighted by atomic mass is 32.1. The molecule has 0 aliphatic carbocycles. The smallest absolute Gasteiger partial charge is 0.272 e. The fraction of sp³-hybridized carbons (Fsp3) is 0.0500. The second-order valence-electron chi connectivity index (χ2n) is 5.83. The van der Waals surface area contributed by atoms with E-state index in [2.05, 4.69) is 16.4 Å². The van der Waals surface area contributed by atoms with Gasteiger partial charge in [-0.05, 0) is 18.2 Å². The number of amides is 1. The number of aromatic nitrogens is 2. The number of halogens is 1. The zero-order chi connectivity index (χ0) is 18.8. The first-order valence-corrected chi connectivity index (χ1v) is 9.03. The van der Waals surface area contributed by atoms with Gasteiger partial charge in [0, 0.05) is 29.2 Å². The maximum absolute atomic E-state index is 13.8. The predicted molar refractivity (Wildman–Crippen MR) is 101 cm³/mol. The van der Waals surface area contributed by atoms with E-state index in [0.717, 1.165) is 5.56 Å². The first kappa shape index (κ1) is 16.9. The average Bonchev–Trinajstić information content (AvgIpc) is 3.28. The van der Waals surface area contributed by atoms with Crippen molar-refractivity contribution in [3.05, 3.63) is 82.7 Å². The Morgan fingerprint density at radius 3 is 2.93 bits per heavy atom. The summed E-state index contributed by atoms with van der Waals surface area (Å²) in [5, 5.41) is 13.8. The van der Waals surface area contributed by atoms with Crippen LogP contribution in [0.5, 0.6) is 0 Å². The topological polar surface area (TPSA) is 70.2 Å². The van der Waals surface area contributed by atoms with Gasteiger partial charge in [-0.1, -0.05) is 30.3 Å². The lowest BCUT2D eigenvalue weighted by atomic mass is 10.1. The van der Waals surface area contributed by atoms with Crippen LogP contribution in [0.3, 0.4) is 0 Å². The van der Waals surface area contributed by atoms with Gasteiger partial charge in [-0.25, -0.2) is 9.37 Å². The van der Waals surface area contributed by atoms with Crippen LogP contribution in [0, 0.1) is 17.1 Å². The fourth-order valence-electron chi connectivity index (χ4n) is 2.86. The lowest BCUT2D eigenvalue weighted by molar-refractivity contribution is 0.0947. The van der Waals surface area contributed by atoms with Crippen LogP contribution in [0.2, 0.25) is 0 Å². The maximum Gasteiger partial charge on any atom is 0.272 e. The number of hydrogen-bond acceptors (Lipinski definition) is 4. The summed E-state index contributed by atoms with van der Waals surface area (Å²) < 4.78 is 15.6. The van der Waals surface area contributed by atoms with Crippen molar-refractivity contribution in [2.75, 3.05) is 0 Å². The number of imidazole rings is 1. The van der Waals surface area contributed by atoms with Gasteiger partial charge in [0.25, 0.3) is 5.91 Å². The molecule has 0 radical (unpaired) electrons. The van der Waals surface area contributed by atoms with Crippen LogP contribution >= 0.6 is 11.3 Å². The van der Waals surface area contributed by atoms with Gasteiger partial charge in [0.05, 0.1) is 17.3 Å². The van der Waals surface area contributed by atoms with Gasteiger partial charge >= 0.3 is 0 Å². The second kappa shape index (κ2) is 7.02. The Balaban J connectivity index is 1.71. The molecule has 1 N–H and O–H groups in total. The van der Waals surface area contributed by atoms with E-state index in [4.69, 9.17) is 5.26 Å². The van der Waals surface area contributed by atoms with E-state index < -0.39 is 5.91 Å². The lowest BCUT2D eigenvalue weighted by Crippen LogP contribution is -2.24. The summed E-state index contributed by atoms with van der Waals surface area (Å²) in [6, 6.07) is 15.4. The number of nitrogens with one attached hydrogen (secondary N) is 1. The Hall–Kier alpha value is -3.50. The lowest BCUT2D eigenvalue weighted by Gasteiger charge is -2.07. The largest absolute Gasteiger partial charge is 0.346 e. The van der Waals surface area contributed by atoms with Gasteiger partial charge in [-0.15, -0.1) is 11.3 Å². The molecule has 5 nitrogen and oxygen atoms in total. The molecule has 4 rings (SSSR count). The van der Waals surface area contributed by atoms with Gasteiger partial charge in [0.15, 0.2) is 10.7 Å². The molecule has 0 spiro atoms. The van der Waals surface area contributed by atoms with Gasteiger partial charge < -0.3 is 5.32 Å². The van der Waals surface area contributed by atoms with E-state index in [9.17, 15) is 9.18 Å². The van der Waals surface area contributed by atoms with Gasteiger partial charge in [-0.3, -0.25) is 9.20 Å². The highest BCUT2D eigenvalue weighted by Gasteiger charge is 2.21. The van der Waals surface area contributed by atoms with E-state index in [1.54, 1.807) is 36.4 Å². The van der Waals surface area contributed by atoms with Crippen molar-refractivity contribution >= 4 is 22.2 Å². The maximum atomic E-state index is 13.8. The molecule has 0 saturated heterocycles. The van der Waals surface area contributed by atoms with E-state index >= 15 is 0 Å². The van der Waals surface area contributed by atoms with Crippen LogP contribution in [-0.4, -0.2) is 15.3 Å². The van der Waals surface area contributed by atoms with Crippen LogP contribution in [0.25, 0.3) is 16.2 Å². The normalized spacial score (nSPS) is 10.7. The first-order valence-electron chi connectivity index (χ1n) is 8.15. The summed E-state index contributed by atoms with van der Waals surface area (Å²) in [6.07, 6.45) is 1.83. The van der Waals surface area contributed by atoms with Crippen molar-refractivity contribution in [1.82, 2.24) is 14.7 Å². The van der Waals surface area contributed by atoms with Crippen molar-refractivity contribution in [1.29, 1.82) is 5.26 Å². The van der Waals surface area contributed by atoms with Crippen molar-refractivity contribution < 1.29 is 9.18 Å². The summed E-state index contributed by atoms with van der Waals surface area (Å²) in [5.74, 6) is -0.767. The molecule has 0 saturated carbocycles. The average molecular weight is 376 g/mol. The summed E-state index contributed by atoms with van der Waals surface area (Å²) in [4.78, 5) is 17.9. The summed E-state index contributed by atoms with van der Waals surface area (Å²) in [7, 11) is 0. The molecule has 0 atom stereocenters. The molecule has 0 aliphatic heterocycles. The number of benzene rings is 2. The molecule has 2 aromatic heterocycles. The minimum atomic E-state index is -0.397. The monoisotopic (exact) mass is 376 g/mol. The van der Waals surface area contributed by atoms with Crippen LogP contribution < -0.4 is 5.32 Å². The third-order valence-corrected chi connectivity index (χ3v) is 4.90. The SMILES string of the molecule is N#Cc1cccc(-c2c(C(=O)NCc3ccccc3F)nc3sccn23)c1. The summed E-state index contributed by atoms with van der Waals surface area (Å²) in [5.41, 5.74) is 2.47. The minimum absolute atomic E-state index is 0.0638. The quantitative estimate of drug-likeness (QED) is 0.585. The molecular formula is C20H13FN4OS. The van der Waals surface area contributed by atoms with Crippen LogP contribution in [0.4, 0.5) is 4.39 Å². The van der Waals surface area contributed by atoms with Crippen LogP contribution in [0.15, 0.2) is 60.1 Å². The zero-order valence-electron chi connectivity index (χ0n) is 14.0. The minimum Gasteiger partial charge on any atom is -0.346 e. The standard InChI is InChI=1S/C20H13FN4OS/c21-16-7-2-1-5-15(16)12-23-19(26)17-18(25-8-9-27-20(25)24-17)14-6-3-4-13(10-14)11-22/h1-10H,12H2,(H,23,26). The third kappa shape index (κ3) is 3.18. The molecule has 0 bridgehead atoms. The number of nitriles is 1. The number of fused-ring (bicyclic) bond motifs is 1. The Morgan fingerprint density at radius 2 is 2.11 bits per heavy atom. The fourth-order valence-corrected chi connectivity index (χ4v) is 3.57. The molecule has 27 heavy (non-hydrogen) atoms. The molecule has 2 aromatic carbocycles. The number of carbonyl (C=O) groups is 1. The van der Waals surface area contributed by atoms with E-state index in [1.807, 2.05) is 22.0 Å². The number of rotatable bonds is 4. The number of nitrogens with zero attached hydrogens (tertiary/aromatic N) is 3. The van der Waals surface area contributed by atoms with Gasteiger partial charge in [-0.2, -0.15) is 5.26 Å². The highest BCUT2D eigenvalue weighted by Crippen LogP contribution is 2.28. The molecule has 0 unspecified atom stereocenters. The van der Waals surface area contributed by atoms with Crippen molar-refractivity contribution in [3.8, 4) is 17.3 Å². The van der Waals surface area contributed by atoms with Gasteiger partial charge in [0.2, 0.25) is 0 Å². The number of hydrogen-bond donors (Lipinski definition) is 1. The Kier molecular flexibility index (Phi) is 4.40. The molecule has 7 heteroatoms. The molecule has 132 valence electrons.